The number of ether oxygens (including phenoxy) is 1. The van der Waals surface area contributed by atoms with Gasteiger partial charge in [-0.3, -0.25) is 0 Å². The fraction of sp³-hybridized carbons (Fsp3) is 0.478. The molecule has 1 rings (SSSR count). The third kappa shape index (κ3) is 7.05. The molecule has 0 aromatic heterocycles. The molecule has 4 heteroatoms. The number of benzene rings is 1. The summed E-state index contributed by atoms with van der Waals surface area (Å²) in [5, 5.41) is 10.1. The average Bonchev–Trinajstić information content (AvgIpc) is 2.66. The van der Waals surface area contributed by atoms with E-state index in [0.717, 1.165) is 42.1 Å². The molecule has 0 saturated carbocycles. The first-order valence-electron chi connectivity index (χ1n) is 9.92. The van der Waals surface area contributed by atoms with E-state index < -0.39 is 0 Å². The molecule has 1 aromatic rings. The van der Waals surface area contributed by atoms with Crippen molar-refractivity contribution in [2.45, 2.75) is 47.0 Å². The van der Waals surface area contributed by atoms with E-state index in [9.17, 15) is 0 Å². The molecule has 1 aromatic carbocycles. The Hall–Kier alpha value is -2.36. The highest BCUT2D eigenvalue weighted by Gasteiger charge is 2.12. The highest BCUT2D eigenvalue weighted by molar-refractivity contribution is 5.71. The van der Waals surface area contributed by atoms with E-state index in [-0.39, 0.29) is 0 Å². The predicted molar refractivity (Wildman–Crippen MR) is 120 cm³/mol. The van der Waals surface area contributed by atoms with Gasteiger partial charge in [0.15, 0.2) is 0 Å². The number of rotatable bonds is 11. The van der Waals surface area contributed by atoms with Crippen LogP contribution in [-0.2, 0) is 6.42 Å². The van der Waals surface area contributed by atoms with Crippen molar-refractivity contribution in [3.63, 3.8) is 0 Å². The van der Waals surface area contributed by atoms with Crippen molar-refractivity contribution < 1.29 is 4.74 Å². The lowest BCUT2D eigenvalue weighted by atomic mass is 10.0. The second-order valence-corrected chi connectivity index (χ2v) is 6.79. The van der Waals surface area contributed by atoms with Gasteiger partial charge in [-0.1, -0.05) is 46.3 Å². The zero-order valence-electron chi connectivity index (χ0n) is 18.1. The van der Waals surface area contributed by atoms with Crippen LogP contribution in [0.3, 0.4) is 0 Å². The highest BCUT2D eigenvalue weighted by atomic mass is 16.5. The number of hydrogen-bond donors (Lipinski definition) is 3. The fourth-order valence-corrected chi connectivity index (χ4v) is 2.93. The van der Waals surface area contributed by atoms with Crippen LogP contribution in [0.15, 0.2) is 47.8 Å². The van der Waals surface area contributed by atoms with Gasteiger partial charge in [0, 0.05) is 37.2 Å². The van der Waals surface area contributed by atoms with Crippen molar-refractivity contribution in [2.24, 2.45) is 5.92 Å². The number of hydrogen-bond acceptors (Lipinski definition) is 4. The zero-order valence-corrected chi connectivity index (χ0v) is 18.1. The number of aryl methyl sites for hydroxylation is 1. The van der Waals surface area contributed by atoms with E-state index in [1.807, 2.05) is 20.2 Å². The van der Waals surface area contributed by atoms with Crippen molar-refractivity contribution in [1.82, 2.24) is 5.32 Å². The first-order valence-corrected chi connectivity index (χ1v) is 9.92. The van der Waals surface area contributed by atoms with Gasteiger partial charge in [-0.2, -0.15) is 0 Å². The Bertz CT molecular complexity index is 672. The van der Waals surface area contributed by atoms with E-state index in [1.165, 1.54) is 11.3 Å². The third-order valence-corrected chi connectivity index (χ3v) is 4.37. The molecule has 0 atom stereocenters. The number of anilines is 2. The number of methoxy groups -OCH3 is 1. The van der Waals surface area contributed by atoms with Crippen LogP contribution in [0.5, 0.6) is 5.75 Å². The van der Waals surface area contributed by atoms with E-state index >= 15 is 0 Å². The van der Waals surface area contributed by atoms with Crippen LogP contribution in [0.2, 0.25) is 0 Å². The largest absolute Gasteiger partial charge is 0.494 e. The lowest BCUT2D eigenvalue weighted by molar-refractivity contribution is 0.416. The van der Waals surface area contributed by atoms with Gasteiger partial charge in [-0.15, -0.1) is 0 Å². The highest BCUT2D eigenvalue weighted by Crippen LogP contribution is 2.34. The zero-order chi connectivity index (χ0) is 20.2. The van der Waals surface area contributed by atoms with Crippen LogP contribution in [-0.4, -0.2) is 21.2 Å². The smallest absolute Gasteiger partial charge is 0.144 e. The topological polar surface area (TPSA) is 45.3 Å². The molecule has 27 heavy (non-hydrogen) atoms. The molecular weight excluding hydrogens is 334 g/mol. The molecule has 0 fully saturated rings. The summed E-state index contributed by atoms with van der Waals surface area (Å²) >= 11 is 0. The average molecular weight is 372 g/mol. The maximum Gasteiger partial charge on any atom is 0.144 e. The Labute approximate surface area is 165 Å². The summed E-state index contributed by atoms with van der Waals surface area (Å²) in [4.78, 5) is 0. The SMILES string of the molecule is CC\C=C(/C=C/C=C(\NC)C(C)C)Nc1c(CCC)cc(NC)cc1OC. The Morgan fingerprint density at radius 2 is 1.93 bits per heavy atom. The van der Waals surface area contributed by atoms with Crippen LogP contribution >= 0.6 is 0 Å². The Morgan fingerprint density at radius 3 is 2.44 bits per heavy atom. The van der Waals surface area contributed by atoms with Gasteiger partial charge in [0.1, 0.15) is 5.75 Å². The molecule has 0 aliphatic carbocycles. The summed E-state index contributed by atoms with van der Waals surface area (Å²) < 4.78 is 5.67. The van der Waals surface area contributed by atoms with E-state index in [1.54, 1.807) is 7.11 Å². The van der Waals surface area contributed by atoms with Gasteiger partial charge in [0.25, 0.3) is 0 Å². The Balaban J connectivity index is 3.21. The first kappa shape index (κ1) is 22.7. The van der Waals surface area contributed by atoms with Crippen LogP contribution in [0.4, 0.5) is 11.4 Å². The Morgan fingerprint density at radius 1 is 1.19 bits per heavy atom. The molecule has 0 unspecified atom stereocenters. The molecule has 0 heterocycles. The molecule has 0 aliphatic heterocycles. The summed E-state index contributed by atoms with van der Waals surface area (Å²) in [7, 11) is 5.62. The minimum Gasteiger partial charge on any atom is -0.494 e. The van der Waals surface area contributed by atoms with Crippen molar-refractivity contribution in [1.29, 1.82) is 0 Å². The normalized spacial score (nSPS) is 12.6. The van der Waals surface area contributed by atoms with Gasteiger partial charge in [-0.05, 0) is 42.5 Å². The van der Waals surface area contributed by atoms with Gasteiger partial charge >= 0.3 is 0 Å². The monoisotopic (exact) mass is 371 g/mol. The molecule has 0 aliphatic rings. The summed E-state index contributed by atoms with van der Waals surface area (Å²) in [5.74, 6) is 1.32. The maximum atomic E-state index is 5.67. The van der Waals surface area contributed by atoms with Gasteiger partial charge in [-0.25, -0.2) is 0 Å². The molecule has 0 saturated heterocycles. The van der Waals surface area contributed by atoms with Crippen LogP contribution in [0.1, 0.15) is 46.1 Å². The summed E-state index contributed by atoms with van der Waals surface area (Å²) in [6.45, 7) is 8.71. The summed E-state index contributed by atoms with van der Waals surface area (Å²) in [6.07, 6.45) is 11.6. The number of nitrogens with one attached hydrogen (secondary N) is 3. The molecule has 3 N–H and O–H groups in total. The minimum absolute atomic E-state index is 0.469. The van der Waals surface area contributed by atoms with E-state index in [2.05, 4.69) is 74.0 Å². The van der Waals surface area contributed by atoms with Crippen LogP contribution < -0.4 is 20.7 Å². The van der Waals surface area contributed by atoms with Crippen molar-refractivity contribution in [3.8, 4) is 5.75 Å². The first-order chi connectivity index (χ1) is 13.0. The lowest BCUT2D eigenvalue weighted by Crippen LogP contribution is -2.11. The molecule has 150 valence electrons. The summed E-state index contributed by atoms with van der Waals surface area (Å²) in [5.41, 5.74) is 5.65. The van der Waals surface area contributed by atoms with E-state index in [0.29, 0.717) is 5.92 Å². The van der Waals surface area contributed by atoms with E-state index in [4.69, 9.17) is 4.74 Å². The molecule has 0 amide bonds. The third-order valence-electron chi connectivity index (χ3n) is 4.37. The van der Waals surface area contributed by atoms with Crippen molar-refractivity contribution >= 4 is 11.4 Å². The van der Waals surface area contributed by atoms with Gasteiger partial charge in [0.2, 0.25) is 0 Å². The molecule has 0 bridgehead atoms. The predicted octanol–water partition coefficient (Wildman–Crippen LogP) is 5.71. The Kier molecular flexibility index (Phi) is 10.2. The van der Waals surface area contributed by atoms with Crippen molar-refractivity contribution in [3.05, 3.63) is 53.4 Å². The maximum absolute atomic E-state index is 5.67. The van der Waals surface area contributed by atoms with Gasteiger partial charge < -0.3 is 20.7 Å². The second kappa shape index (κ2) is 12.1. The second-order valence-electron chi connectivity index (χ2n) is 6.79. The molecular formula is C23H37N3O. The molecule has 0 radical (unpaired) electrons. The lowest BCUT2D eigenvalue weighted by Gasteiger charge is -2.18. The van der Waals surface area contributed by atoms with Gasteiger partial charge in [0.05, 0.1) is 12.8 Å². The quantitative estimate of drug-likeness (QED) is 0.436. The van der Waals surface area contributed by atoms with Crippen LogP contribution in [0.25, 0.3) is 0 Å². The number of allylic oxidation sites excluding steroid dienone is 5. The molecule has 0 spiro atoms. The summed E-state index contributed by atoms with van der Waals surface area (Å²) in [6, 6.07) is 4.23. The fourth-order valence-electron chi connectivity index (χ4n) is 2.93. The van der Waals surface area contributed by atoms with Crippen LogP contribution in [0, 0.1) is 5.92 Å². The standard InChI is InChI=1S/C23H37N3O/c1-8-11-18-15-20(24-5)16-22(27-7)23(18)26-19(12-9-2)13-10-14-21(25-6)17(3)4/h10,12-17,24-26H,8-9,11H2,1-7H3/b13-10+,19-12+,21-14-. The minimum atomic E-state index is 0.469. The van der Waals surface area contributed by atoms with Crippen molar-refractivity contribution in [2.75, 3.05) is 31.8 Å². The molecule has 4 nitrogen and oxygen atoms in total.